The summed E-state index contributed by atoms with van der Waals surface area (Å²) < 4.78 is 8.47. The third-order valence-corrected chi connectivity index (χ3v) is 2.83. The summed E-state index contributed by atoms with van der Waals surface area (Å²) in [6, 6.07) is 7.68. The molecule has 2 aromatic rings. The molecule has 0 fully saturated rings. The van der Waals surface area contributed by atoms with Crippen LogP contribution in [0.2, 0.25) is 0 Å². The minimum atomic E-state index is -0.104. The summed E-state index contributed by atoms with van der Waals surface area (Å²) in [5.74, 6) is 0.811. The quantitative estimate of drug-likeness (QED) is 0.770. The maximum absolute atomic E-state index is 11.5. The van der Waals surface area contributed by atoms with Crippen LogP contribution in [0.25, 0.3) is 0 Å². The molecule has 2 N–H and O–H groups in total. The van der Waals surface area contributed by atoms with Crippen LogP contribution >= 0.6 is 0 Å². The Morgan fingerprint density at radius 3 is 2.63 bits per heavy atom. The van der Waals surface area contributed by atoms with Crippen molar-refractivity contribution in [3.05, 3.63) is 46.6 Å². The minimum Gasteiger partial charge on any atom is -0.494 e. The Labute approximate surface area is 111 Å². The molecule has 1 aromatic heterocycles. The van der Waals surface area contributed by atoms with Gasteiger partial charge in [-0.25, -0.2) is 9.48 Å². The summed E-state index contributed by atoms with van der Waals surface area (Å²) >= 11 is 0. The van der Waals surface area contributed by atoms with Gasteiger partial charge >= 0.3 is 5.69 Å². The van der Waals surface area contributed by atoms with Gasteiger partial charge in [-0.05, 0) is 17.7 Å². The van der Waals surface area contributed by atoms with E-state index < -0.39 is 0 Å². The Hall–Kier alpha value is -2.08. The summed E-state index contributed by atoms with van der Waals surface area (Å²) in [6.07, 6.45) is 2.24. The predicted octanol–water partition coefficient (Wildman–Crippen LogP) is 0.510. The highest BCUT2D eigenvalue weighted by molar-refractivity contribution is 5.26. The van der Waals surface area contributed by atoms with Crippen molar-refractivity contribution in [3.63, 3.8) is 0 Å². The molecule has 0 unspecified atom stereocenters. The van der Waals surface area contributed by atoms with Gasteiger partial charge in [0.05, 0.1) is 6.61 Å². The number of ether oxygens (including phenoxy) is 1. The van der Waals surface area contributed by atoms with Crippen LogP contribution in [0.4, 0.5) is 0 Å². The van der Waals surface area contributed by atoms with Crippen molar-refractivity contribution in [1.29, 1.82) is 0 Å². The topological polar surface area (TPSA) is 75.1 Å². The number of hydrogen-bond acceptors (Lipinski definition) is 4. The molecule has 0 atom stereocenters. The highest BCUT2D eigenvalue weighted by Crippen LogP contribution is 2.11. The molecule has 6 nitrogen and oxygen atoms in total. The molecule has 1 heterocycles. The Bertz CT molecular complexity index is 571. The first-order valence-corrected chi connectivity index (χ1v) is 6.21. The fraction of sp³-hybridized carbons (Fsp3) is 0.385. The van der Waals surface area contributed by atoms with Crippen LogP contribution in [0.15, 0.2) is 35.4 Å². The zero-order chi connectivity index (χ0) is 13.7. The zero-order valence-corrected chi connectivity index (χ0v) is 11.0. The third-order valence-electron chi connectivity index (χ3n) is 2.83. The number of benzene rings is 1. The number of aryl methyl sites for hydroxylation is 2. The Balaban J connectivity index is 1.77. The van der Waals surface area contributed by atoms with Gasteiger partial charge in [-0.1, -0.05) is 12.1 Å². The van der Waals surface area contributed by atoms with Crippen molar-refractivity contribution in [2.75, 3.05) is 6.61 Å². The molecule has 1 aromatic carbocycles. The standard InChI is InChI=1S/C13H18N4O2/c1-16-10-15-17(13(16)18)7-2-8-19-12-5-3-11(9-14)4-6-12/h3-6,10H,2,7-9,14H2,1H3. The number of nitrogens with two attached hydrogens (primary N) is 1. The molecule has 0 aliphatic rings. The highest BCUT2D eigenvalue weighted by atomic mass is 16.5. The van der Waals surface area contributed by atoms with E-state index in [2.05, 4.69) is 5.10 Å². The lowest BCUT2D eigenvalue weighted by Gasteiger charge is -2.06. The van der Waals surface area contributed by atoms with Crippen molar-refractivity contribution in [2.24, 2.45) is 12.8 Å². The van der Waals surface area contributed by atoms with E-state index in [0.717, 1.165) is 17.7 Å². The average Bonchev–Trinajstić information content (AvgIpc) is 2.76. The molecule has 0 saturated carbocycles. The van der Waals surface area contributed by atoms with Crippen LogP contribution in [0.3, 0.4) is 0 Å². The Morgan fingerprint density at radius 2 is 2.05 bits per heavy atom. The van der Waals surface area contributed by atoms with Gasteiger partial charge in [-0.15, -0.1) is 0 Å². The van der Waals surface area contributed by atoms with Gasteiger partial charge in [0.25, 0.3) is 0 Å². The van der Waals surface area contributed by atoms with Crippen molar-refractivity contribution >= 4 is 0 Å². The van der Waals surface area contributed by atoms with E-state index in [1.165, 1.54) is 15.6 Å². The second-order valence-electron chi connectivity index (χ2n) is 4.30. The number of rotatable bonds is 6. The molecule has 0 radical (unpaired) electrons. The molecule has 0 bridgehead atoms. The maximum atomic E-state index is 11.5. The van der Waals surface area contributed by atoms with E-state index in [1.807, 2.05) is 24.3 Å². The third kappa shape index (κ3) is 3.45. The highest BCUT2D eigenvalue weighted by Gasteiger charge is 2.01. The van der Waals surface area contributed by atoms with Crippen LogP contribution in [0.1, 0.15) is 12.0 Å². The number of hydrogen-bond donors (Lipinski definition) is 1. The van der Waals surface area contributed by atoms with Crippen LogP contribution in [0, 0.1) is 0 Å². The van der Waals surface area contributed by atoms with Gasteiger partial charge in [-0.3, -0.25) is 4.57 Å². The lowest BCUT2D eigenvalue weighted by atomic mass is 10.2. The Morgan fingerprint density at radius 1 is 1.32 bits per heavy atom. The molecule has 0 amide bonds. The first kappa shape index (κ1) is 13.4. The first-order valence-electron chi connectivity index (χ1n) is 6.21. The number of nitrogens with zero attached hydrogens (tertiary/aromatic N) is 3. The van der Waals surface area contributed by atoms with E-state index in [0.29, 0.717) is 19.7 Å². The van der Waals surface area contributed by atoms with Crippen LogP contribution < -0.4 is 16.2 Å². The zero-order valence-electron chi connectivity index (χ0n) is 11.0. The fourth-order valence-corrected chi connectivity index (χ4v) is 1.70. The van der Waals surface area contributed by atoms with Gasteiger partial charge < -0.3 is 10.5 Å². The van der Waals surface area contributed by atoms with Gasteiger partial charge in [-0.2, -0.15) is 5.10 Å². The minimum absolute atomic E-state index is 0.104. The summed E-state index contributed by atoms with van der Waals surface area (Å²) in [5.41, 5.74) is 6.49. The SMILES string of the molecule is Cn1cnn(CCCOc2ccc(CN)cc2)c1=O. The average molecular weight is 262 g/mol. The lowest BCUT2D eigenvalue weighted by molar-refractivity contribution is 0.297. The van der Waals surface area contributed by atoms with E-state index >= 15 is 0 Å². The largest absolute Gasteiger partial charge is 0.494 e. The smallest absolute Gasteiger partial charge is 0.345 e. The fourth-order valence-electron chi connectivity index (χ4n) is 1.70. The van der Waals surface area contributed by atoms with E-state index in [-0.39, 0.29) is 5.69 Å². The second-order valence-corrected chi connectivity index (χ2v) is 4.30. The van der Waals surface area contributed by atoms with E-state index in [4.69, 9.17) is 10.5 Å². The molecule has 0 aliphatic heterocycles. The molecule has 19 heavy (non-hydrogen) atoms. The van der Waals surface area contributed by atoms with Crippen molar-refractivity contribution < 1.29 is 4.74 Å². The van der Waals surface area contributed by atoms with Gasteiger partial charge in [0.2, 0.25) is 0 Å². The van der Waals surface area contributed by atoms with Crippen molar-refractivity contribution in [1.82, 2.24) is 14.3 Å². The normalized spacial score (nSPS) is 10.6. The monoisotopic (exact) mass is 262 g/mol. The summed E-state index contributed by atoms with van der Waals surface area (Å²) in [5, 5.41) is 3.98. The van der Waals surface area contributed by atoms with Crippen LogP contribution in [-0.2, 0) is 20.1 Å². The summed E-state index contributed by atoms with van der Waals surface area (Å²) in [6.45, 7) is 1.63. The molecular weight excluding hydrogens is 244 g/mol. The van der Waals surface area contributed by atoms with Crippen LogP contribution in [-0.4, -0.2) is 21.0 Å². The maximum Gasteiger partial charge on any atom is 0.345 e. The second kappa shape index (κ2) is 6.19. The van der Waals surface area contributed by atoms with Gasteiger partial charge in [0, 0.05) is 26.6 Å². The van der Waals surface area contributed by atoms with Crippen molar-refractivity contribution in [3.8, 4) is 5.75 Å². The molecule has 6 heteroatoms. The van der Waals surface area contributed by atoms with Gasteiger partial charge in [0.1, 0.15) is 12.1 Å². The molecule has 0 spiro atoms. The first-order chi connectivity index (χ1) is 9.20. The summed E-state index contributed by atoms with van der Waals surface area (Å²) in [7, 11) is 1.68. The molecular formula is C13H18N4O2. The van der Waals surface area contributed by atoms with E-state index in [1.54, 1.807) is 7.05 Å². The summed E-state index contributed by atoms with van der Waals surface area (Å²) in [4.78, 5) is 11.5. The predicted molar refractivity (Wildman–Crippen MR) is 71.9 cm³/mol. The molecule has 0 aliphatic carbocycles. The number of aromatic nitrogens is 3. The lowest BCUT2D eigenvalue weighted by Crippen LogP contribution is -2.23. The Kier molecular flexibility index (Phi) is 4.35. The van der Waals surface area contributed by atoms with Crippen LogP contribution in [0.5, 0.6) is 5.75 Å². The molecule has 0 saturated heterocycles. The van der Waals surface area contributed by atoms with Crippen molar-refractivity contribution in [2.45, 2.75) is 19.5 Å². The molecule has 2 rings (SSSR count). The molecule has 102 valence electrons. The van der Waals surface area contributed by atoms with Gasteiger partial charge in [0.15, 0.2) is 0 Å². The van der Waals surface area contributed by atoms with E-state index in [9.17, 15) is 4.79 Å².